The zero-order valence-corrected chi connectivity index (χ0v) is 16.1. The number of methoxy groups -OCH3 is 2. The van der Waals surface area contributed by atoms with Crippen molar-refractivity contribution in [3.05, 3.63) is 70.8 Å². The summed E-state index contributed by atoms with van der Waals surface area (Å²) < 4.78 is 10.4. The minimum atomic E-state index is -0.716. The minimum absolute atomic E-state index is 0.0678. The molecule has 0 radical (unpaired) electrons. The molecule has 6 nitrogen and oxygen atoms in total. The highest BCUT2D eigenvalue weighted by Gasteiger charge is 2.45. The molecule has 1 N–H and O–H groups in total. The number of Topliss-reactive ketones (excluding diaryl/α,β-unsaturated/α-hetero) is 1. The number of likely N-dealkylation sites (tertiary alicyclic amines) is 1. The zero-order valence-electron chi connectivity index (χ0n) is 16.1. The SMILES string of the molecule is COCCN1C(=O)C(=O)C(=C(O)c2ccc(C)cc2)C1c1cccc(OC)c1. The maximum absolute atomic E-state index is 12.8. The molecule has 0 bridgehead atoms. The number of carbonyl (C=O) groups is 2. The van der Waals surface area contributed by atoms with Gasteiger partial charge in [0.05, 0.1) is 25.3 Å². The molecule has 1 saturated heterocycles. The van der Waals surface area contributed by atoms with Gasteiger partial charge in [-0.15, -0.1) is 0 Å². The van der Waals surface area contributed by atoms with Crippen LogP contribution in [0.2, 0.25) is 0 Å². The molecule has 0 aromatic heterocycles. The first-order chi connectivity index (χ1) is 13.5. The normalized spacial score (nSPS) is 18.5. The third-order valence-corrected chi connectivity index (χ3v) is 4.81. The van der Waals surface area contributed by atoms with Crippen LogP contribution in [0.5, 0.6) is 5.75 Å². The first-order valence-corrected chi connectivity index (χ1v) is 8.96. The fourth-order valence-corrected chi connectivity index (χ4v) is 3.33. The van der Waals surface area contributed by atoms with E-state index >= 15 is 0 Å². The first-order valence-electron chi connectivity index (χ1n) is 8.96. The minimum Gasteiger partial charge on any atom is -0.507 e. The van der Waals surface area contributed by atoms with Crippen molar-refractivity contribution < 1.29 is 24.2 Å². The number of aryl methyl sites for hydroxylation is 1. The summed E-state index contributed by atoms with van der Waals surface area (Å²) >= 11 is 0. The van der Waals surface area contributed by atoms with Crippen LogP contribution in [0.3, 0.4) is 0 Å². The zero-order chi connectivity index (χ0) is 20.3. The molecule has 1 heterocycles. The van der Waals surface area contributed by atoms with Gasteiger partial charge in [0.25, 0.3) is 11.7 Å². The summed E-state index contributed by atoms with van der Waals surface area (Å²) in [6.45, 7) is 2.44. The monoisotopic (exact) mass is 381 g/mol. The number of ether oxygens (including phenoxy) is 2. The summed E-state index contributed by atoms with van der Waals surface area (Å²) in [5.74, 6) is -0.947. The van der Waals surface area contributed by atoms with Gasteiger partial charge in [0.15, 0.2) is 0 Å². The summed E-state index contributed by atoms with van der Waals surface area (Å²) in [6.07, 6.45) is 0. The van der Waals surface area contributed by atoms with Crippen molar-refractivity contribution in [1.29, 1.82) is 0 Å². The number of nitrogens with zero attached hydrogens (tertiary/aromatic N) is 1. The van der Waals surface area contributed by atoms with Crippen molar-refractivity contribution in [2.75, 3.05) is 27.4 Å². The number of rotatable bonds is 6. The quantitative estimate of drug-likeness (QED) is 0.473. The Morgan fingerprint density at radius 1 is 1.11 bits per heavy atom. The van der Waals surface area contributed by atoms with E-state index in [1.807, 2.05) is 19.1 Å². The van der Waals surface area contributed by atoms with E-state index in [4.69, 9.17) is 9.47 Å². The summed E-state index contributed by atoms with van der Waals surface area (Å²) in [7, 11) is 3.08. The molecule has 3 rings (SSSR count). The van der Waals surface area contributed by atoms with Crippen LogP contribution < -0.4 is 4.74 Å². The largest absolute Gasteiger partial charge is 0.507 e. The van der Waals surface area contributed by atoms with Crippen molar-refractivity contribution in [3.8, 4) is 5.75 Å². The maximum Gasteiger partial charge on any atom is 0.295 e. The average molecular weight is 381 g/mol. The Morgan fingerprint density at radius 3 is 2.46 bits per heavy atom. The molecule has 6 heteroatoms. The molecule has 0 aliphatic carbocycles. The average Bonchev–Trinajstić information content (AvgIpc) is 2.97. The maximum atomic E-state index is 12.8. The molecule has 0 spiro atoms. The van der Waals surface area contributed by atoms with Crippen LogP contribution in [-0.2, 0) is 14.3 Å². The van der Waals surface area contributed by atoms with E-state index in [0.29, 0.717) is 16.9 Å². The van der Waals surface area contributed by atoms with E-state index in [-0.39, 0.29) is 24.5 Å². The van der Waals surface area contributed by atoms with Crippen LogP contribution in [0.1, 0.15) is 22.7 Å². The number of ketones is 1. The Balaban J connectivity index is 2.16. The Morgan fingerprint density at radius 2 is 1.82 bits per heavy atom. The Hall–Kier alpha value is -3.12. The number of benzene rings is 2. The Labute approximate surface area is 164 Å². The second kappa shape index (κ2) is 8.27. The van der Waals surface area contributed by atoms with Crippen molar-refractivity contribution in [1.82, 2.24) is 4.90 Å². The molecule has 2 aromatic rings. The smallest absolute Gasteiger partial charge is 0.295 e. The van der Waals surface area contributed by atoms with Crippen molar-refractivity contribution >= 4 is 17.4 Å². The van der Waals surface area contributed by atoms with Crippen LogP contribution in [0.25, 0.3) is 5.76 Å². The fraction of sp³-hybridized carbons (Fsp3) is 0.273. The van der Waals surface area contributed by atoms with Crippen LogP contribution in [0.15, 0.2) is 54.1 Å². The molecule has 1 aliphatic heterocycles. The van der Waals surface area contributed by atoms with Gasteiger partial charge in [-0.3, -0.25) is 9.59 Å². The second-order valence-electron chi connectivity index (χ2n) is 6.63. The molecule has 2 aromatic carbocycles. The van der Waals surface area contributed by atoms with Crippen molar-refractivity contribution in [3.63, 3.8) is 0 Å². The lowest BCUT2D eigenvalue weighted by molar-refractivity contribution is -0.140. The van der Waals surface area contributed by atoms with Crippen LogP contribution >= 0.6 is 0 Å². The lowest BCUT2D eigenvalue weighted by Crippen LogP contribution is -2.32. The predicted molar refractivity (Wildman–Crippen MR) is 105 cm³/mol. The molecule has 1 fully saturated rings. The van der Waals surface area contributed by atoms with Gasteiger partial charge in [0.1, 0.15) is 11.5 Å². The van der Waals surface area contributed by atoms with E-state index in [1.54, 1.807) is 43.5 Å². The van der Waals surface area contributed by atoms with Gasteiger partial charge in [-0.2, -0.15) is 0 Å². The Kier molecular flexibility index (Phi) is 5.80. The molecule has 146 valence electrons. The molecule has 1 atom stereocenters. The number of hydrogen-bond acceptors (Lipinski definition) is 5. The van der Waals surface area contributed by atoms with Crippen LogP contribution in [0.4, 0.5) is 0 Å². The van der Waals surface area contributed by atoms with Crippen LogP contribution in [0, 0.1) is 6.92 Å². The molecule has 1 unspecified atom stereocenters. The number of aliphatic hydroxyl groups is 1. The Bertz CT molecular complexity index is 917. The van der Waals surface area contributed by atoms with E-state index in [1.165, 1.54) is 12.0 Å². The van der Waals surface area contributed by atoms with Gasteiger partial charge in [-0.1, -0.05) is 42.0 Å². The van der Waals surface area contributed by atoms with Crippen molar-refractivity contribution in [2.24, 2.45) is 0 Å². The lowest BCUT2D eigenvalue weighted by Gasteiger charge is -2.25. The summed E-state index contributed by atoms with van der Waals surface area (Å²) in [5, 5.41) is 10.9. The molecule has 28 heavy (non-hydrogen) atoms. The molecule has 1 aliphatic rings. The van der Waals surface area contributed by atoms with E-state index in [9.17, 15) is 14.7 Å². The highest BCUT2D eigenvalue weighted by molar-refractivity contribution is 6.46. The molecule has 1 amide bonds. The number of carbonyl (C=O) groups excluding carboxylic acids is 2. The number of hydrogen-bond donors (Lipinski definition) is 1. The summed E-state index contributed by atoms with van der Waals surface area (Å²) in [6, 6.07) is 13.6. The lowest BCUT2D eigenvalue weighted by atomic mass is 9.95. The van der Waals surface area contributed by atoms with E-state index in [0.717, 1.165) is 5.56 Å². The number of amides is 1. The van der Waals surface area contributed by atoms with Gasteiger partial charge in [0, 0.05) is 19.2 Å². The second-order valence-corrected chi connectivity index (χ2v) is 6.63. The molecule has 0 saturated carbocycles. The van der Waals surface area contributed by atoms with Crippen LogP contribution in [-0.4, -0.2) is 49.1 Å². The highest BCUT2D eigenvalue weighted by atomic mass is 16.5. The van der Waals surface area contributed by atoms with Crippen molar-refractivity contribution in [2.45, 2.75) is 13.0 Å². The van der Waals surface area contributed by atoms with E-state index in [2.05, 4.69) is 0 Å². The third kappa shape index (κ3) is 3.64. The van der Waals surface area contributed by atoms with Gasteiger partial charge in [-0.25, -0.2) is 0 Å². The summed E-state index contributed by atoms with van der Waals surface area (Å²) in [4.78, 5) is 26.9. The molecular formula is C22H23NO5. The standard InChI is InChI=1S/C22H23NO5/c1-14-7-9-15(10-8-14)20(24)18-19(16-5-4-6-17(13-16)28-3)23(11-12-27-2)22(26)21(18)25/h4-10,13,19,24H,11-12H2,1-3H3. The summed E-state index contributed by atoms with van der Waals surface area (Å²) in [5.41, 5.74) is 2.27. The first kappa shape index (κ1) is 19.6. The third-order valence-electron chi connectivity index (χ3n) is 4.81. The van der Waals surface area contributed by atoms with Gasteiger partial charge < -0.3 is 19.5 Å². The van der Waals surface area contributed by atoms with E-state index < -0.39 is 17.7 Å². The predicted octanol–water partition coefficient (Wildman–Crippen LogP) is 3.07. The molecular weight excluding hydrogens is 358 g/mol. The van der Waals surface area contributed by atoms with Gasteiger partial charge >= 0.3 is 0 Å². The topological polar surface area (TPSA) is 76.1 Å². The number of aliphatic hydroxyl groups excluding tert-OH is 1. The fourth-order valence-electron chi connectivity index (χ4n) is 3.33. The van der Waals surface area contributed by atoms with Gasteiger partial charge in [-0.05, 0) is 24.6 Å². The van der Waals surface area contributed by atoms with Gasteiger partial charge in [0.2, 0.25) is 0 Å². The highest BCUT2D eigenvalue weighted by Crippen LogP contribution is 2.40.